The summed E-state index contributed by atoms with van der Waals surface area (Å²) in [6, 6.07) is 7.01. The van der Waals surface area contributed by atoms with Crippen LogP contribution in [0.3, 0.4) is 0 Å². The van der Waals surface area contributed by atoms with E-state index in [0.29, 0.717) is 5.56 Å². The molecule has 0 aliphatic heterocycles. The lowest BCUT2D eigenvalue weighted by atomic mass is 10.1. The summed E-state index contributed by atoms with van der Waals surface area (Å²) in [5.74, 6) is -0.196. The Morgan fingerprint density at radius 1 is 1.28 bits per heavy atom. The van der Waals surface area contributed by atoms with Crippen molar-refractivity contribution in [1.82, 2.24) is 4.72 Å². The van der Waals surface area contributed by atoms with E-state index in [-0.39, 0.29) is 18.8 Å². The van der Waals surface area contributed by atoms with Crippen molar-refractivity contribution in [2.75, 3.05) is 13.2 Å². The Morgan fingerprint density at radius 2 is 1.89 bits per heavy atom. The number of aliphatic hydroxyl groups excluding tert-OH is 2. The maximum Gasteiger partial charge on any atom is 0.215 e. The minimum absolute atomic E-state index is 0.196. The molecule has 0 amide bonds. The van der Waals surface area contributed by atoms with Gasteiger partial charge in [0.25, 0.3) is 0 Å². The lowest BCUT2D eigenvalue weighted by Crippen LogP contribution is -2.34. The summed E-state index contributed by atoms with van der Waals surface area (Å²) < 4.78 is 25.7. The zero-order valence-electron chi connectivity index (χ0n) is 9.91. The third-order valence-electron chi connectivity index (χ3n) is 2.43. The zero-order chi connectivity index (χ0) is 13.6. The molecule has 0 heterocycles. The highest BCUT2D eigenvalue weighted by atomic mass is 32.2. The molecular weight excluding hydrogens is 256 g/mol. The van der Waals surface area contributed by atoms with E-state index in [1.165, 1.54) is 0 Å². The normalized spacial score (nSPS) is 13.5. The number of benzene rings is 1. The second-order valence-electron chi connectivity index (χ2n) is 3.92. The fourth-order valence-electron chi connectivity index (χ4n) is 1.44. The maximum absolute atomic E-state index is 11.7. The average Bonchev–Trinajstić information content (AvgIpc) is 2.36. The quantitative estimate of drug-likeness (QED) is 0.505. The standard InChI is InChI=1S/C11H18N2O4S/c12-5-9-3-1-2-4-10(9)8-18(16,17)13-6-11(15)7-14/h1-4,11,13-15H,5-8,12H2. The van der Waals surface area contributed by atoms with Crippen molar-refractivity contribution >= 4 is 10.0 Å². The Balaban J connectivity index is 2.70. The smallest absolute Gasteiger partial charge is 0.215 e. The third kappa shape index (κ3) is 4.71. The van der Waals surface area contributed by atoms with Crippen LogP contribution in [0, 0.1) is 0 Å². The summed E-state index contributed by atoms with van der Waals surface area (Å²) in [6.07, 6.45) is -1.09. The summed E-state index contributed by atoms with van der Waals surface area (Å²) in [5, 5.41) is 17.7. The fourth-order valence-corrected chi connectivity index (χ4v) is 2.68. The van der Waals surface area contributed by atoms with Crippen molar-refractivity contribution in [3.63, 3.8) is 0 Å². The Kier molecular flexibility index (Phi) is 5.70. The van der Waals surface area contributed by atoms with Crippen molar-refractivity contribution in [2.24, 2.45) is 5.73 Å². The van der Waals surface area contributed by atoms with Gasteiger partial charge < -0.3 is 15.9 Å². The van der Waals surface area contributed by atoms with Gasteiger partial charge in [0.05, 0.1) is 18.5 Å². The average molecular weight is 274 g/mol. The largest absolute Gasteiger partial charge is 0.394 e. The van der Waals surface area contributed by atoms with Gasteiger partial charge in [-0.25, -0.2) is 13.1 Å². The number of hydrogen-bond donors (Lipinski definition) is 4. The molecule has 1 atom stereocenters. The van der Waals surface area contributed by atoms with Crippen LogP contribution in [0.1, 0.15) is 11.1 Å². The van der Waals surface area contributed by atoms with Crippen molar-refractivity contribution in [1.29, 1.82) is 0 Å². The minimum atomic E-state index is -3.55. The van der Waals surface area contributed by atoms with Gasteiger partial charge in [-0.05, 0) is 11.1 Å². The van der Waals surface area contributed by atoms with Crippen LogP contribution in [0.4, 0.5) is 0 Å². The van der Waals surface area contributed by atoms with Crippen LogP contribution in [-0.4, -0.2) is 37.9 Å². The van der Waals surface area contributed by atoms with Gasteiger partial charge in [0.1, 0.15) is 0 Å². The summed E-state index contributed by atoms with van der Waals surface area (Å²) in [4.78, 5) is 0. The summed E-state index contributed by atoms with van der Waals surface area (Å²) in [5.41, 5.74) is 6.92. The molecule has 7 heteroatoms. The molecular formula is C11H18N2O4S. The van der Waals surface area contributed by atoms with E-state index in [1.54, 1.807) is 24.3 Å². The lowest BCUT2D eigenvalue weighted by Gasteiger charge is -2.11. The van der Waals surface area contributed by atoms with E-state index < -0.39 is 22.7 Å². The molecule has 0 saturated heterocycles. The van der Waals surface area contributed by atoms with Gasteiger partial charge in [0.15, 0.2) is 0 Å². The molecule has 0 saturated carbocycles. The molecule has 102 valence electrons. The number of nitrogens with two attached hydrogens (primary N) is 1. The highest BCUT2D eigenvalue weighted by Gasteiger charge is 2.15. The SMILES string of the molecule is NCc1ccccc1CS(=O)(=O)NCC(O)CO. The van der Waals surface area contributed by atoms with E-state index in [1.807, 2.05) is 0 Å². The molecule has 0 fully saturated rings. The minimum Gasteiger partial charge on any atom is -0.394 e. The first-order valence-electron chi connectivity index (χ1n) is 5.51. The van der Waals surface area contributed by atoms with Crippen LogP contribution in [-0.2, 0) is 22.3 Å². The van der Waals surface area contributed by atoms with E-state index in [4.69, 9.17) is 15.9 Å². The highest BCUT2D eigenvalue weighted by Crippen LogP contribution is 2.11. The van der Waals surface area contributed by atoms with Crippen molar-refractivity contribution in [3.8, 4) is 0 Å². The summed E-state index contributed by atoms with van der Waals surface area (Å²) >= 11 is 0. The van der Waals surface area contributed by atoms with Crippen molar-refractivity contribution < 1.29 is 18.6 Å². The lowest BCUT2D eigenvalue weighted by molar-refractivity contribution is 0.0988. The number of aliphatic hydroxyl groups is 2. The van der Waals surface area contributed by atoms with Gasteiger partial charge in [-0.3, -0.25) is 0 Å². The number of hydrogen-bond acceptors (Lipinski definition) is 5. The Labute approximate surface area is 106 Å². The molecule has 0 aromatic heterocycles. The van der Waals surface area contributed by atoms with Crippen LogP contribution in [0.5, 0.6) is 0 Å². The monoisotopic (exact) mass is 274 g/mol. The zero-order valence-corrected chi connectivity index (χ0v) is 10.7. The van der Waals surface area contributed by atoms with Crippen LogP contribution in [0.2, 0.25) is 0 Å². The topological polar surface area (TPSA) is 113 Å². The Hall–Kier alpha value is -0.990. The predicted octanol–water partition coefficient (Wildman–Crippen LogP) is -1.08. The fraction of sp³-hybridized carbons (Fsp3) is 0.455. The summed E-state index contributed by atoms with van der Waals surface area (Å²) in [7, 11) is -3.55. The predicted molar refractivity (Wildman–Crippen MR) is 68.1 cm³/mol. The van der Waals surface area contributed by atoms with E-state index in [0.717, 1.165) is 5.56 Å². The van der Waals surface area contributed by atoms with Gasteiger partial charge in [-0.1, -0.05) is 24.3 Å². The van der Waals surface area contributed by atoms with Crippen LogP contribution >= 0.6 is 0 Å². The first-order chi connectivity index (χ1) is 8.48. The van der Waals surface area contributed by atoms with Crippen LogP contribution < -0.4 is 10.5 Å². The van der Waals surface area contributed by atoms with E-state index in [2.05, 4.69) is 4.72 Å². The first-order valence-corrected chi connectivity index (χ1v) is 7.17. The summed E-state index contributed by atoms with van der Waals surface area (Å²) in [6.45, 7) is -0.420. The molecule has 0 spiro atoms. The van der Waals surface area contributed by atoms with Gasteiger partial charge in [0, 0.05) is 13.1 Å². The molecule has 6 nitrogen and oxygen atoms in total. The number of rotatable bonds is 7. The van der Waals surface area contributed by atoms with Crippen molar-refractivity contribution in [3.05, 3.63) is 35.4 Å². The molecule has 1 aromatic rings. The van der Waals surface area contributed by atoms with E-state index in [9.17, 15) is 8.42 Å². The Morgan fingerprint density at radius 3 is 2.44 bits per heavy atom. The molecule has 1 unspecified atom stereocenters. The molecule has 5 N–H and O–H groups in total. The molecule has 0 aliphatic rings. The second-order valence-corrected chi connectivity index (χ2v) is 5.72. The Bertz CT molecular complexity index is 476. The molecule has 18 heavy (non-hydrogen) atoms. The molecule has 0 aliphatic carbocycles. The maximum atomic E-state index is 11.7. The van der Waals surface area contributed by atoms with Crippen LogP contribution in [0.15, 0.2) is 24.3 Å². The first kappa shape index (κ1) is 15.1. The van der Waals surface area contributed by atoms with Gasteiger partial charge in [-0.2, -0.15) is 0 Å². The van der Waals surface area contributed by atoms with Gasteiger partial charge >= 0.3 is 0 Å². The molecule has 0 bridgehead atoms. The van der Waals surface area contributed by atoms with E-state index >= 15 is 0 Å². The van der Waals surface area contributed by atoms with Gasteiger partial charge in [0.2, 0.25) is 10.0 Å². The van der Waals surface area contributed by atoms with Crippen molar-refractivity contribution in [2.45, 2.75) is 18.4 Å². The molecule has 1 rings (SSSR count). The number of nitrogens with one attached hydrogen (secondary N) is 1. The van der Waals surface area contributed by atoms with Gasteiger partial charge in [-0.15, -0.1) is 0 Å². The molecule has 0 radical (unpaired) electrons. The molecule has 1 aromatic carbocycles. The third-order valence-corrected chi connectivity index (χ3v) is 3.73. The number of sulfonamides is 1. The second kappa shape index (κ2) is 6.81. The van der Waals surface area contributed by atoms with Crippen LogP contribution in [0.25, 0.3) is 0 Å². The highest BCUT2D eigenvalue weighted by molar-refractivity contribution is 7.88.